The minimum Gasteiger partial charge on any atom is -0.491 e. The van der Waals surface area contributed by atoms with E-state index in [2.05, 4.69) is 5.32 Å². The molecule has 0 aliphatic rings. The zero-order valence-electron chi connectivity index (χ0n) is 18.8. The van der Waals surface area contributed by atoms with E-state index in [0.717, 1.165) is 15.4 Å². The van der Waals surface area contributed by atoms with Crippen LogP contribution in [0.2, 0.25) is 5.02 Å². The second kappa shape index (κ2) is 10.7. The number of carbonyl (C=O) groups is 1. The van der Waals surface area contributed by atoms with Crippen molar-refractivity contribution in [3.05, 3.63) is 88.9 Å². The molecule has 6 nitrogen and oxygen atoms in total. The van der Waals surface area contributed by atoms with Gasteiger partial charge >= 0.3 is 0 Å². The van der Waals surface area contributed by atoms with Gasteiger partial charge in [0.15, 0.2) is 0 Å². The molecule has 0 spiro atoms. The van der Waals surface area contributed by atoms with Crippen LogP contribution in [0.5, 0.6) is 5.75 Å². The number of sulfonamides is 1. The Morgan fingerprint density at radius 1 is 1.03 bits per heavy atom. The maximum absolute atomic E-state index is 13.4. The number of aryl methyl sites for hydroxylation is 1. The zero-order chi connectivity index (χ0) is 24.0. The van der Waals surface area contributed by atoms with Crippen molar-refractivity contribution in [3.63, 3.8) is 0 Å². The Morgan fingerprint density at radius 3 is 2.39 bits per heavy atom. The quantitative estimate of drug-likeness (QED) is 0.464. The van der Waals surface area contributed by atoms with Crippen molar-refractivity contribution < 1.29 is 17.9 Å². The van der Waals surface area contributed by atoms with Gasteiger partial charge in [0.25, 0.3) is 10.0 Å². The predicted molar refractivity (Wildman–Crippen MR) is 131 cm³/mol. The highest BCUT2D eigenvalue weighted by Gasteiger charge is 2.27. The topological polar surface area (TPSA) is 75.7 Å². The van der Waals surface area contributed by atoms with Crippen LogP contribution in [0.15, 0.2) is 77.7 Å². The molecule has 33 heavy (non-hydrogen) atoms. The van der Waals surface area contributed by atoms with E-state index in [-0.39, 0.29) is 24.1 Å². The molecule has 8 heteroatoms. The van der Waals surface area contributed by atoms with E-state index >= 15 is 0 Å². The lowest BCUT2D eigenvalue weighted by Crippen LogP contribution is -2.40. The Balaban J connectivity index is 1.80. The van der Waals surface area contributed by atoms with Gasteiger partial charge in [-0.15, -0.1) is 0 Å². The van der Waals surface area contributed by atoms with Crippen LogP contribution in [0, 0.1) is 6.92 Å². The minimum atomic E-state index is -3.99. The number of amides is 1. The number of benzene rings is 3. The number of ether oxygens (including phenoxy) is 1. The van der Waals surface area contributed by atoms with Crippen molar-refractivity contribution in [1.29, 1.82) is 0 Å². The first-order chi connectivity index (χ1) is 15.6. The number of nitrogens with zero attached hydrogens (tertiary/aromatic N) is 1. The second-order valence-corrected chi connectivity index (χ2v) is 10.2. The summed E-state index contributed by atoms with van der Waals surface area (Å²) in [5.74, 6) is 0.285. The van der Waals surface area contributed by atoms with E-state index in [0.29, 0.717) is 16.5 Å². The van der Waals surface area contributed by atoms with Gasteiger partial charge in [-0.1, -0.05) is 35.9 Å². The van der Waals surface area contributed by atoms with Gasteiger partial charge in [-0.2, -0.15) is 0 Å². The fourth-order valence-corrected chi connectivity index (χ4v) is 4.76. The molecule has 0 radical (unpaired) electrons. The number of nitrogens with one attached hydrogen (secondary N) is 1. The molecule has 0 saturated heterocycles. The molecule has 0 aliphatic heterocycles. The number of hydrogen-bond donors (Lipinski definition) is 1. The molecule has 1 amide bonds. The van der Waals surface area contributed by atoms with Crippen LogP contribution in [0.3, 0.4) is 0 Å². The maximum Gasteiger partial charge on any atom is 0.264 e. The molecule has 0 aromatic heterocycles. The molecule has 0 unspecified atom stereocenters. The monoisotopic (exact) mass is 486 g/mol. The van der Waals surface area contributed by atoms with Crippen LogP contribution < -0.4 is 14.4 Å². The average Bonchev–Trinajstić information content (AvgIpc) is 2.76. The Hall–Kier alpha value is -3.03. The van der Waals surface area contributed by atoms with Crippen molar-refractivity contribution in [2.75, 3.05) is 10.8 Å². The standard InChI is InChI=1S/C25H27ClN2O4S/c1-18(2)32-23-9-5-7-20(15-23)16-27-25(29)17-28(22-8-4-6-19(3)14-22)33(30,31)24-12-10-21(26)11-13-24/h4-15,18H,16-17H2,1-3H3,(H,27,29). The Bertz CT molecular complexity index is 1210. The molecular weight excluding hydrogens is 460 g/mol. The lowest BCUT2D eigenvalue weighted by Gasteiger charge is -2.24. The molecule has 0 heterocycles. The zero-order valence-corrected chi connectivity index (χ0v) is 20.4. The second-order valence-electron chi connectivity index (χ2n) is 7.90. The van der Waals surface area contributed by atoms with E-state index < -0.39 is 15.9 Å². The maximum atomic E-state index is 13.4. The number of carbonyl (C=O) groups excluding carboxylic acids is 1. The highest BCUT2D eigenvalue weighted by Crippen LogP contribution is 2.25. The summed E-state index contributed by atoms with van der Waals surface area (Å²) in [6.45, 7) is 5.63. The van der Waals surface area contributed by atoms with E-state index in [1.807, 2.05) is 51.1 Å². The molecular formula is C25H27ClN2O4S. The smallest absolute Gasteiger partial charge is 0.264 e. The molecule has 0 bridgehead atoms. The molecule has 3 aromatic carbocycles. The summed E-state index contributed by atoms with van der Waals surface area (Å²) in [6, 6.07) is 20.3. The van der Waals surface area contributed by atoms with Crippen molar-refractivity contribution in [1.82, 2.24) is 5.32 Å². The Labute approximate surface area is 200 Å². The number of hydrogen-bond acceptors (Lipinski definition) is 4. The fraction of sp³-hybridized carbons (Fsp3) is 0.240. The molecule has 0 fully saturated rings. The van der Waals surface area contributed by atoms with Crippen LogP contribution in [-0.4, -0.2) is 27.0 Å². The van der Waals surface area contributed by atoms with Gasteiger partial charge < -0.3 is 10.1 Å². The van der Waals surface area contributed by atoms with Crippen LogP contribution >= 0.6 is 11.6 Å². The van der Waals surface area contributed by atoms with Gasteiger partial charge in [-0.3, -0.25) is 9.10 Å². The van der Waals surface area contributed by atoms with Gasteiger partial charge in [-0.05, 0) is 80.4 Å². The first-order valence-corrected chi connectivity index (χ1v) is 12.3. The average molecular weight is 487 g/mol. The molecule has 0 saturated carbocycles. The fourth-order valence-electron chi connectivity index (χ4n) is 3.22. The highest BCUT2D eigenvalue weighted by atomic mass is 35.5. The van der Waals surface area contributed by atoms with E-state index in [1.165, 1.54) is 24.3 Å². The third-order valence-corrected chi connectivity index (χ3v) is 6.78. The predicted octanol–water partition coefficient (Wildman–Crippen LogP) is 4.95. The summed E-state index contributed by atoms with van der Waals surface area (Å²) in [5, 5.41) is 3.23. The third kappa shape index (κ3) is 6.73. The van der Waals surface area contributed by atoms with Gasteiger partial charge in [0, 0.05) is 11.6 Å². The van der Waals surface area contributed by atoms with Crippen LogP contribution in [-0.2, 0) is 21.4 Å². The Morgan fingerprint density at radius 2 is 1.73 bits per heavy atom. The number of anilines is 1. The van der Waals surface area contributed by atoms with Crippen molar-refractivity contribution >= 4 is 33.2 Å². The third-order valence-electron chi connectivity index (χ3n) is 4.74. The Kier molecular flexibility index (Phi) is 8.00. The van der Waals surface area contributed by atoms with Gasteiger partial charge in [0.05, 0.1) is 16.7 Å². The molecule has 3 rings (SSSR count). The molecule has 0 aliphatic carbocycles. The van der Waals surface area contributed by atoms with Crippen molar-refractivity contribution in [3.8, 4) is 5.75 Å². The van der Waals surface area contributed by atoms with Crippen molar-refractivity contribution in [2.24, 2.45) is 0 Å². The lowest BCUT2D eigenvalue weighted by atomic mass is 10.2. The SMILES string of the molecule is Cc1cccc(N(CC(=O)NCc2cccc(OC(C)C)c2)S(=O)(=O)c2ccc(Cl)cc2)c1. The van der Waals surface area contributed by atoms with Crippen LogP contribution in [0.4, 0.5) is 5.69 Å². The van der Waals surface area contributed by atoms with E-state index in [4.69, 9.17) is 16.3 Å². The summed E-state index contributed by atoms with van der Waals surface area (Å²) in [7, 11) is -3.99. The minimum absolute atomic E-state index is 0.0378. The highest BCUT2D eigenvalue weighted by molar-refractivity contribution is 7.92. The first-order valence-electron chi connectivity index (χ1n) is 10.5. The van der Waals surface area contributed by atoms with Crippen molar-refractivity contribution in [2.45, 2.75) is 38.3 Å². The summed E-state index contributed by atoms with van der Waals surface area (Å²) in [6.07, 6.45) is 0.0378. The van der Waals surface area contributed by atoms with Gasteiger partial charge in [0.1, 0.15) is 12.3 Å². The van der Waals surface area contributed by atoms with E-state index in [1.54, 1.807) is 18.2 Å². The molecule has 0 atom stereocenters. The largest absolute Gasteiger partial charge is 0.491 e. The van der Waals surface area contributed by atoms with Crippen LogP contribution in [0.25, 0.3) is 0 Å². The van der Waals surface area contributed by atoms with Crippen LogP contribution in [0.1, 0.15) is 25.0 Å². The summed E-state index contributed by atoms with van der Waals surface area (Å²) in [5.41, 5.74) is 2.14. The normalized spacial score (nSPS) is 11.3. The number of rotatable bonds is 9. The van der Waals surface area contributed by atoms with E-state index in [9.17, 15) is 13.2 Å². The first kappa shape index (κ1) is 24.6. The summed E-state index contributed by atoms with van der Waals surface area (Å²) in [4.78, 5) is 12.9. The number of halogens is 1. The summed E-state index contributed by atoms with van der Waals surface area (Å²) >= 11 is 5.92. The molecule has 174 valence electrons. The molecule has 3 aromatic rings. The van der Waals surface area contributed by atoms with Gasteiger partial charge in [-0.25, -0.2) is 8.42 Å². The summed E-state index contributed by atoms with van der Waals surface area (Å²) < 4.78 is 33.6. The molecule has 1 N–H and O–H groups in total. The lowest BCUT2D eigenvalue weighted by molar-refractivity contribution is -0.119. The van der Waals surface area contributed by atoms with Gasteiger partial charge in [0.2, 0.25) is 5.91 Å².